The number of hydrogen-bond acceptors (Lipinski definition) is 4. The quantitative estimate of drug-likeness (QED) is 0.889. The van der Waals surface area contributed by atoms with Crippen molar-refractivity contribution in [3.05, 3.63) is 40.9 Å². The van der Waals surface area contributed by atoms with Crippen LogP contribution in [0.5, 0.6) is 0 Å². The van der Waals surface area contributed by atoms with Crippen molar-refractivity contribution in [1.29, 1.82) is 0 Å². The highest BCUT2D eigenvalue weighted by molar-refractivity contribution is 7.17. The summed E-state index contributed by atoms with van der Waals surface area (Å²) in [5, 5.41) is 13.9. The topological polar surface area (TPSA) is 62.2 Å². The van der Waals surface area contributed by atoms with Crippen LogP contribution >= 0.6 is 11.3 Å². The van der Waals surface area contributed by atoms with Gasteiger partial charge < -0.3 is 10.4 Å². The van der Waals surface area contributed by atoms with Crippen LogP contribution in [-0.4, -0.2) is 28.1 Å². The second kappa shape index (κ2) is 6.58. The normalized spacial score (nSPS) is 13.9. The molecule has 2 rings (SSSR count). The van der Waals surface area contributed by atoms with E-state index < -0.39 is 5.60 Å². The minimum absolute atomic E-state index is 0.0650. The van der Waals surface area contributed by atoms with Gasteiger partial charge in [0.25, 0.3) is 5.91 Å². The summed E-state index contributed by atoms with van der Waals surface area (Å²) in [7, 11) is 0. The number of aryl methyl sites for hydroxylation is 1. The van der Waals surface area contributed by atoms with Gasteiger partial charge in [-0.2, -0.15) is 0 Å². The number of thiazole rings is 1. The molecule has 5 heteroatoms. The van der Waals surface area contributed by atoms with Gasteiger partial charge >= 0.3 is 0 Å². The van der Waals surface area contributed by atoms with E-state index in [4.69, 9.17) is 0 Å². The Labute approximate surface area is 135 Å². The number of aromatic nitrogens is 1. The van der Waals surface area contributed by atoms with Crippen molar-refractivity contribution in [3.63, 3.8) is 0 Å². The summed E-state index contributed by atoms with van der Waals surface area (Å²) in [5.74, 6) is -0.117. The predicted octanol–water partition coefficient (Wildman–Crippen LogP) is 3.26. The van der Waals surface area contributed by atoms with Crippen molar-refractivity contribution in [2.45, 2.75) is 33.3 Å². The summed E-state index contributed by atoms with van der Waals surface area (Å²) < 4.78 is 0. The fraction of sp³-hybridized carbons (Fsp3) is 0.412. The van der Waals surface area contributed by atoms with E-state index in [9.17, 15) is 9.90 Å². The molecule has 1 unspecified atom stereocenters. The molecule has 22 heavy (non-hydrogen) atoms. The van der Waals surface area contributed by atoms with Gasteiger partial charge in [0.15, 0.2) is 0 Å². The number of amides is 1. The molecule has 1 atom stereocenters. The Morgan fingerprint density at radius 2 is 2.00 bits per heavy atom. The molecule has 4 nitrogen and oxygen atoms in total. The molecule has 0 saturated heterocycles. The van der Waals surface area contributed by atoms with E-state index in [1.165, 1.54) is 11.3 Å². The molecule has 0 fully saturated rings. The zero-order valence-corrected chi connectivity index (χ0v) is 14.2. The molecular formula is C17H22N2O2S. The molecule has 0 bridgehead atoms. The smallest absolute Gasteiger partial charge is 0.263 e. The van der Waals surface area contributed by atoms with Crippen molar-refractivity contribution in [3.8, 4) is 10.6 Å². The molecule has 1 amide bonds. The lowest BCUT2D eigenvalue weighted by Crippen LogP contribution is -2.44. The monoisotopic (exact) mass is 318 g/mol. The van der Waals surface area contributed by atoms with Crippen LogP contribution in [0.25, 0.3) is 10.6 Å². The molecule has 0 aliphatic carbocycles. The predicted molar refractivity (Wildman–Crippen MR) is 90.1 cm³/mol. The minimum Gasteiger partial charge on any atom is -0.388 e. The minimum atomic E-state index is -0.920. The number of benzene rings is 1. The average molecular weight is 318 g/mol. The number of carbonyl (C=O) groups is 1. The second-order valence-electron chi connectivity index (χ2n) is 5.99. The maximum absolute atomic E-state index is 12.3. The SMILES string of the molecule is Cc1nc(-c2ccccc2)sc1C(=O)NCC(C)(O)C(C)C. The number of hydrogen-bond donors (Lipinski definition) is 2. The van der Waals surface area contributed by atoms with Gasteiger partial charge in [-0.05, 0) is 19.8 Å². The number of carbonyl (C=O) groups excluding carboxylic acids is 1. The number of nitrogens with zero attached hydrogens (tertiary/aromatic N) is 1. The van der Waals surface area contributed by atoms with E-state index in [1.54, 1.807) is 6.92 Å². The maximum Gasteiger partial charge on any atom is 0.263 e. The van der Waals surface area contributed by atoms with Crippen molar-refractivity contribution < 1.29 is 9.90 Å². The molecule has 2 aromatic rings. The van der Waals surface area contributed by atoms with Crippen LogP contribution in [0.4, 0.5) is 0 Å². The molecule has 0 aliphatic heterocycles. The first-order chi connectivity index (χ1) is 10.3. The molecular weight excluding hydrogens is 296 g/mol. The van der Waals surface area contributed by atoms with Gasteiger partial charge in [-0.15, -0.1) is 11.3 Å². The lowest BCUT2D eigenvalue weighted by atomic mass is 9.92. The van der Waals surface area contributed by atoms with Crippen LogP contribution in [0.1, 0.15) is 36.1 Å². The molecule has 118 valence electrons. The summed E-state index contributed by atoms with van der Waals surface area (Å²) in [5.41, 5.74) is 0.797. The van der Waals surface area contributed by atoms with Gasteiger partial charge in [0.1, 0.15) is 9.88 Å². The van der Waals surface area contributed by atoms with E-state index in [1.807, 2.05) is 51.1 Å². The number of aliphatic hydroxyl groups is 1. The summed E-state index contributed by atoms with van der Waals surface area (Å²) in [6.07, 6.45) is 0. The Hall–Kier alpha value is -1.72. The van der Waals surface area contributed by atoms with Crippen molar-refractivity contribution in [2.75, 3.05) is 6.54 Å². The zero-order chi connectivity index (χ0) is 16.3. The van der Waals surface area contributed by atoms with Crippen molar-refractivity contribution in [1.82, 2.24) is 10.3 Å². The van der Waals surface area contributed by atoms with Gasteiger partial charge in [0.05, 0.1) is 11.3 Å². The van der Waals surface area contributed by atoms with Crippen LogP contribution in [0.2, 0.25) is 0 Å². The highest BCUT2D eigenvalue weighted by Crippen LogP contribution is 2.27. The third-order valence-electron chi connectivity index (χ3n) is 3.87. The van der Waals surface area contributed by atoms with E-state index in [0.29, 0.717) is 10.6 Å². The molecule has 0 radical (unpaired) electrons. The van der Waals surface area contributed by atoms with Gasteiger partial charge in [-0.3, -0.25) is 4.79 Å². The summed E-state index contributed by atoms with van der Waals surface area (Å²) in [4.78, 5) is 17.4. The summed E-state index contributed by atoms with van der Waals surface area (Å²) >= 11 is 1.37. The molecule has 0 saturated carbocycles. The molecule has 1 aromatic heterocycles. The fourth-order valence-electron chi connectivity index (χ4n) is 1.85. The van der Waals surface area contributed by atoms with E-state index in [0.717, 1.165) is 10.6 Å². The Balaban J connectivity index is 2.13. The first-order valence-electron chi connectivity index (χ1n) is 7.34. The Morgan fingerprint density at radius 3 is 2.59 bits per heavy atom. The van der Waals surface area contributed by atoms with Crippen LogP contribution in [-0.2, 0) is 0 Å². The lowest BCUT2D eigenvalue weighted by molar-refractivity contribution is 0.0142. The number of nitrogens with one attached hydrogen (secondary N) is 1. The maximum atomic E-state index is 12.3. The summed E-state index contributed by atoms with van der Waals surface area (Å²) in [6.45, 7) is 7.64. The molecule has 0 aliphatic rings. The number of rotatable bonds is 5. The summed E-state index contributed by atoms with van der Waals surface area (Å²) in [6, 6.07) is 9.80. The largest absolute Gasteiger partial charge is 0.388 e. The van der Waals surface area contributed by atoms with Gasteiger partial charge in [-0.25, -0.2) is 4.98 Å². The lowest BCUT2D eigenvalue weighted by Gasteiger charge is -2.27. The zero-order valence-electron chi connectivity index (χ0n) is 13.4. The van der Waals surface area contributed by atoms with E-state index in [2.05, 4.69) is 10.3 Å². The van der Waals surface area contributed by atoms with E-state index >= 15 is 0 Å². The molecule has 0 spiro atoms. The second-order valence-corrected chi connectivity index (χ2v) is 6.99. The average Bonchev–Trinajstić information content (AvgIpc) is 2.88. The Kier molecular flexibility index (Phi) is 4.98. The standard InChI is InChI=1S/C17H22N2O2S/c1-11(2)17(4,21)10-18-15(20)14-12(3)19-16(22-14)13-8-6-5-7-9-13/h5-9,11,21H,10H2,1-4H3,(H,18,20). The van der Waals surface area contributed by atoms with Crippen LogP contribution < -0.4 is 5.32 Å². The Bertz CT molecular complexity index is 648. The van der Waals surface area contributed by atoms with Crippen LogP contribution in [0.15, 0.2) is 30.3 Å². The fourth-order valence-corrected chi connectivity index (χ4v) is 2.84. The highest BCUT2D eigenvalue weighted by atomic mass is 32.1. The van der Waals surface area contributed by atoms with Crippen molar-refractivity contribution in [2.24, 2.45) is 5.92 Å². The van der Waals surface area contributed by atoms with Gasteiger partial charge in [0.2, 0.25) is 0 Å². The van der Waals surface area contributed by atoms with Gasteiger partial charge in [0, 0.05) is 12.1 Å². The van der Waals surface area contributed by atoms with Crippen LogP contribution in [0, 0.1) is 12.8 Å². The van der Waals surface area contributed by atoms with Crippen molar-refractivity contribution >= 4 is 17.2 Å². The van der Waals surface area contributed by atoms with Gasteiger partial charge in [-0.1, -0.05) is 44.2 Å². The van der Waals surface area contributed by atoms with Crippen LogP contribution in [0.3, 0.4) is 0 Å². The third-order valence-corrected chi connectivity index (χ3v) is 5.08. The molecule has 2 N–H and O–H groups in total. The Morgan fingerprint density at radius 1 is 1.36 bits per heavy atom. The first-order valence-corrected chi connectivity index (χ1v) is 8.16. The first kappa shape index (κ1) is 16.6. The highest BCUT2D eigenvalue weighted by Gasteiger charge is 2.26. The van der Waals surface area contributed by atoms with E-state index in [-0.39, 0.29) is 18.4 Å². The third kappa shape index (κ3) is 3.72. The molecule has 1 heterocycles. The molecule has 1 aromatic carbocycles.